The van der Waals surface area contributed by atoms with Crippen molar-refractivity contribution < 1.29 is 5.11 Å². The van der Waals surface area contributed by atoms with Crippen molar-refractivity contribution in [2.45, 2.75) is 19.6 Å². The van der Waals surface area contributed by atoms with Gasteiger partial charge in [0.2, 0.25) is 0 Å². The lowest BCUT2D eigenvalue weighted by molar-refractivity contribution is -0.0126. The summed E-state index contributed by atoms with van der Waals surface area (Å²) in [5.41, 5.74) is -0.556. The van der Waals surface area contributed by atoms with Crippen LogP contribution in [0.5, 0.6) is 0 Å². The molecule has 0 radical (unpaired) electrons. The van der Waals surface area contributed by atoms with Crippen LogP contribution < -0.4 is 0 Å². The Bertz CT molecular complexity index is 70.6. The van der Waals surface area contributed by atoms with Crippen LogP contribution in [0.2, 0.25) is 0 Å². The van der Waals surface area contributed by atoms with E-state index in [1.165, 1.54) is 0 Å². The Hall–Kier alpha value is -0.0800. The Kier molecular flexibility index (Phi) is 0.869. The molecule has 2 nitrogen and oxygen atoms in total. The molecule has 42 valence electrons. The van der Waals surface area contributed by atoms with Crippen LogP contribution in [-0.2, 0) is 0 Å². The molecule has 7 heavy (non-hydrogen) atoms. The second-order valence-corrected chi connectivity index (χ2v) is 2.48. The molecule has 1 fully saturated rings. The summed E-state index contributed by atoms with van der Waals surface area (Å²) >= 11 is 0. The second-order valence-electron chi connectivity index (χ2n) is 2.48. The topological polar surface area (TPSA) is 23.2 Å². The fraction of sp³-hybridized carbons (Fsp3) is 1.00. The molecule has 0 aliphatic carbocycles. The second kappa shape index (κ2) is 1.20. The molecule has 1 aliphatic heterocycles. The third-order valence-electron chi connectivity index (χ3n) is 1.22. The molecule has 0 aromatic rings. The van der Waals surface area contributed by atoms with Gasteiger partial charge in [-0.3, -0.25) is 4.90 Å². The monoisotopic (exact) mass is 101 g/mol. The van der Waals surface area contributed by atoms with E-state index >= 15 is 0 Å². The summed E-state index contributed by atoms with van der Waals surface area (Å²) in [6.07, 6.45) is 0. The van der Waals surface area contributed by atoms with Crippen LogP contribution in [0.3, 0.4) is 0 Å². The van der Waals surface area contributed by atoms with Crippen molar-refractivity contribution in [3.63, 3.8) is 0 Å². The fourth-order valence-corrected chi connectivity index (χ4v) is 0.597. The molecule has 0 unspecified atom stereocenters. The van der Waals surface area contributed by atoms with Crippen molar-refractivity contribution in [2.75, 3.05) is 13.1 Å². The van der Waals surface area contributed by atoms with Gasteiger partial charge in [0, 0.05) is 13.1 Å². The molecule has 1 rings (SSSR count). The Morgan fingerprint density at radius 2 is 1.86 bits per heavy atom. The van der Waals surface area contributed by atoms with Crippen molar-refractivity contribution in [3.8, 4) is 0 Å². The smallest absolute Gasteiger partial charge is 0.112 e. The number of hydrogen-bond donors (Lipinski definition) is 1. The first-order chi connectivity index (χ1) is 3.11. The molecule has 2 heteroatoms. The molecule has 0 aromatic carbocycles. The minimum atomic E-state index is -0.556. The molecule has 0 spiro atoms. The highest BCUT2D eigenvalue weighted by Gasteiger charge is 2.31. The standard InChI is InChI=1S/C5H11NO/c1-5(2,7)6-3-4-6/h7H,3-4H2,1-2H3. The molecule has 0 bridgehead atoms. The van der Waals surface area contributed by atoms with E-state index in [0.717, 1.165) is 13.1 Å². The molecule has 1 N–H and O–H groups in total. The van der Waals surface area contributed by atoms with Gasteiger partial charge in [-0.15, -0.1) is 0 Å². The zero-order chi connectivity index (χ0) is 5.49. The average molecular weight is 101 g/mol. The van der Waals surface area contributed by atoms with E-state index in [1.807, 2.05) is 4.90 Å². The third-order valence-corrected chi connectivity index (χ3v) is 1.22. The van der Waals surface area contributed by atoms with Gasteiger partial charge >= 0.3 is 0 Å². The van der Waals surface area contributed by atoms with Crippen molar-refractivity contribution in [2.24, 2.45) is 0 Å². The number of rotatable bonds is 1. The largest absolute Gasteiger partial charge is 0.376 e. The lowest BCUT2D eigenvalue weighted by atomic mass is 10.3. The molecule has 0 aromatic heterocycles. The molecular formula is C5H11NO. The summed E-state index contributed by atoms with van der Waals surface area (Å²) in [6, 6.07) is 0. The van der Waals surface area contributed by atoms with Crippen LogP contribution in [0.25, 0.3) is 0 Å². The normalized spacial score (nSPS) is 22.7. The molecule has 1 heterocycles. The van der Waals surface area contributed by atoms with E-state index < -0.39 is 5.72 Å². The first kappa shape index (κ1) is 5.06. The van der Waals surface area contributed by atoms with E-state index in [-0.39, 0.29) is 0 Å². The zero-order valence-corrected chi connectivity index (χ0v) is 4.81. The van der Waals surface area contributed by atoms with Crippen LogP contribution in [0, 0.1) is 0 Å². The Morgan fingerprint density at radius 3 is 1.86 bits per heavy atom. The summed E-state index contributed by atoms with van der Waals surface area (Å²) in [4.78, 5) is 1.99. The van der Waals surface area contributed by atoms with Crippen molar-refractivity contribution in [1.82, 2.24) is 4.90 Å². The molecular weight excluding hydrogens is 90.1 g/mol. The van der Waals surface area contributed by atoms with E-state index in [2.05, 4.69) is 0 Å². The highest BCUT2D eigenvalue weighted by Crippen LogP contribution is 2.17. The molecule has 0 saturated carbocycles. The quantitative estimate of drug-likeness (QED) is 0.471. The molecule has 1 saturated heterocycles. The maximum absolute atomic E-state index is 9.08. The van der Waals surface area contributed by atoms with Crippen LogP contribution in [0.1, 0.15) is 13.8 Å². The lowest BCUT2D eigenvalue weighted by Crippen LogP contribution is -2.29. The average Bonchev–Trinajstić information content (AvgIpc) is 1.99. The Balaban J connectivity index is 2.36. The zero-order valence-electron chi connectivity index (χ0n) is 4.81. The van der Waals surface area contributed by atoms with E-state index in [0.29, 0.717) is 0 Å². The van der Waals surface area contributed by atoms with E-state index in [9.17, 15) is 0 Å². The van der Waals surface area contributed by atoms with Gasteiger partial charge in [-0.05, 0) is 13.8 Å². The minimum absolute atomic E-state index is 0.556. The molecule has 0 atom stereocenters. The van der Waals surface area contributed by atoms with Gasteiger partial charge in [-0.2, -0.15) is 0 Å². The van der Waals surface area contributed by atoms with Crippen molar-refractivity contribution >= 4 is 0 Å². The van der Waals surface area contributed by atoms with Gasteiger partial charge in [0.25, 0.3) is 0 Å². The van der Waals surface area contributed by atoms with Crippen molar-refractivity contribution in [3.05, 3.63) is 0 Å². The number of nitrogens with zero attached hydrogens (tertiary/aromatic N) is 1. The predicted molar refractivity (Wildman–Crippen MR) is 27.9 cm³/mol. The van der Waals surface area contributed by atoms with Gasteiger partial charge in [-0.25, -0.2) is 0 Å². The van der Waals surface area contributed by atoms with Crippen LogP contribution in [-0.4, -0.2) is 28.8 Å². The van der Waals surface area contributed by atoms with Gasteiger partial charge in [-0.1, -0.05) is 0 Å². The number of hydrogen-bond acceptors (Lipinski definition) is 2. The highest BCUT2D eigenvalue weighted by molar-refractivity contribution is 4.80. The molecule has 0 amide bonds. The Labute approximate surface area is 43.7 Å². The van der Waals surface area contributed by atoms with E-state index in [4.69, 9.17) is 5.11 Å². The first-order valence-electron chi connectivity index (χ1n) is 2.58. The van der Waals surface area contributed by atoms with E-state index in [1.54, 1.807) is 13.8 Å². The summed E-state index contributed by atoms with van der Waals surface area (Å²) in [7, 11) is 0. The fourth-order valence-electron chi connectivity index (χ4n) is 0.597. The third kappa shape index (κ3) is 1.14. The molecule has 1 aliphatic rings. The maximum atomic E-state index is 9.08. The summed E-state index contributed by atoms with van der Waals surface area (Å²) in [6.45, 7) is 5.73. The minimum Gasteiger partial charge on any atom is -0.376 e. The predicted octanol–water partition coefficient (Wildman–Crippen LogP) is 0.0304. The van der Waals surface area contributed by atoms with Crippen molar-refractivity contribution in [1.29, 1.82) is 0 Å². The SMILES string of the molecule is CC(C)(O)N1CC1. The number of aliphatic hydroxyl groups is 1. The van der Waals surface area contributed by atoms with Crippen LogP contribution in [0.4, 0.5) is 0 Å². The van der Waals surface area contributed by atoms with Gasteiger partial charge < -0.3 is 5.11 Å². The highest BCUT2D eigenvalue weighted by atomic mass is 16.3. The van der Waals surface area contributed by atoms with Gasteiger partial charge in [0.15, 0.2) is 0 Å². The lowest BCUT2D eigenvalue weighted by Gasteiger charge is -2.17. The van der Waals surface area contributed by atoms with Crippen LogP contribution in [0.15, 0.2) is 0 Å². The van der Waals surface area contributed by atoms with Gasteiger partial charge in [0.05, 0.1) is 0 Å². The summed E-state index contributed by atoms with van der Waals surface area (Å²) in [5.74, 6) is 0. The Morgan fingerprint density at radius 1 is 1.43 bits per heavy atom. The maximum Gasteiger partial charge on any atom is 0.112 e. The first-order valence-corrected chi connectivity index (χ1v) is 2.58. The summed E-state index contributed by atoms with van der Waals surface area (Å²) in [5, 5.41) is 9.08. The van der Waals surface area contributed by atoms with Gasteiger partial charge in [0.1, 0.15) is 5.72 Å². The summed E-state index contributed by atoms with van der Waals surface area (Å²) < 4.78 is 0. The van der Waals surface area contributed by atoms with Crippen LogP contribution >= 0.6 is 0 Å².